The molecule has 0 bridgehead atoms. The first-order chi connectivity index (χ1) is 13.7. The van der Waals surface area contributed by atoms with Crippen molar-refractivity contribution in [2.45, 2.75) is 6.92 Å². The molecule has 28 heavy (non-hydrogen) atoms. The van der Waals surface area contributed by atoms with Crippen molar-refractivity contribution in [1.29, 1.82) is 5.26 Å². The molecule has 3 aromatic rings. The Hall–Kier alpha value is -3.85. The van der Waals surface area contributed by atoms with Crippen molar-refractivity contribution >= 4 is 22.9 Å². The normalized spacial score (nSPS) is 10.6. The molecule has 0 aliphatic carbocycles. The molecule has 3 rings (SSSR count). The smallest absolute Gasteiger partial charge is 0.277 e. The molecular weight excluding hydrogens is 354 g/mol. The number of amides is 1. The highest BCUT2D eigenvalue weighted by molar-refractivity contribution is 6.02. The lowest BCUT2D eigenvalue weighted by atomic mass is 10.0. The van der Waals surface area contributed by atoms with E-state index in [1.165, 1.54) is 0 Å². The Labute approximate surface area is 163 Å². The van der Waals surface area contributed by atoms with Gasteiger partial charge in [-0.15, -0.1) is 0 Å². The van der Waals surface area contributed by atoms with Gasteiger partial charge in [0.1, 0.15) is 17.6 Å². The molecule has 0 unspecified atom stereocenters. The number of hydrazone groups is 1. The monoisotopic (exact) mass is 373 g/mol. The minimum Gasteiger partial charge on any atom is -0.493 e. The first-order valence-electron chi connectivity index (χ1n) is 8.81. The minimum absolute atomic E-state index is 0.246. The first-order valence-corrected chi connectivity index (χ1v) is 8.81. The Morgan fingerprint density at radius 3 is 2.68 bits per heavy atom. The molecule has 6 nitrogen and oxygen atoms in total. The van der Waals surface area contributed by atoms with Gasteiger partial charge in [-0.25, -0.2) is 5.43 Å². The standard InChI is InChI=1S/C22H19N3O3/c1-2-27-21-12-11-16-7-3-5-9-18(16)19(21)14-24-25-22(26)15-28-20-10-6-4-8-17(20)13-23/h3-12,14H,2,15H2,1H3,(H,25,26). The van der Waals surface area contributed by atoms with Crippen molar-refractivity contribution < 1.29 is 14.3 Å². The van der Waals surface area contributed by atoms with Crippen molar-refractivity contribution in [1.82, 2.24) is 5.43 Å². The lowest BCUT2D eigenvalue weighted by Gasteiger charge is -2.10. The van der Waals surface area contributed by atoms with Gasteiger partial charge >= 0.3 is 0 Å². The van der Waals surface area contributed by atoms with Crippen molar-refractivity contribution in [3.05, 3.63) is 71.8 Å². The molecule has 0 aromatic heterocycles. The summed E-state index contributed by atoms with van der Waals surface area (Å²) in [4.78, 5) is 12.0. The molecule has 0 saturated heterocycles. The summed E-state index contributed by atoms with van der Waals surface area (Å²) in [6.07, 6.45) is 1.56. The third kappa shape index (κ3) is 4.46. The summed E-state index contributed by atoms with van der Waals surface area (Å²) in [7, 11) is 0. The van der Waals surface area contributed by atoms with Crippen LogP contribution in [0.4, 0.5) is 0 Å². The second kappa shape index (κ2) is 9.19. The molecule has 0 saturated carbocycles. The number of nitriles is 1. The van der Waals surface area contributed by atoms with E-state index in [9.17, 15) is 4.79 Å². The van der Waals surface area contributed by atoms with Crippen LogP contribution in [-0.4, -0.2) is 25.3 Å². The van der Waals surface area contributed by atoms with E-state index in [-0.39, 0.29) is 6.61 Å². The maximum Gasteiger partial charge on any atom is 0.277 e. The van der Waals surface area contributed by atoms with E-state index >= 15 is 0 Å². The highest BCUT2D eigenvalue weighted by atomic mass is 16.5. The van der Waals surface area contributed by atoms with Crippen LogP contribution in [0, 0.1) is 11.3 Å². The fourth-order valence-corrected chi connectivity index (χ4v) is 2.72. The fourth-order valence-electron chi connectivity index (χ4n) is 2.72. The number of nitrogens with zero attached hydrogens (tertiary/aromatic N) is 2. The topological polar surface area (TPSA) is 83.7 Å². The van der Waals surface area contributed by atoms with E-state index in [2.05, 4.69) is 10.5 Å². The molecule has 1 N–H and O–H groups in total. The third-order valence-electron chi connectivity index (χ3n) is 3.98. The summed E-state index contributed by atoms with van der Waals surface area (Å²) < 4.78 is 11.1. The van der Waals surface area contributed by atoms with E-state index in [1.807, 2.05) is 49.4 Å². The number of benzene rings is 3. The molecule has 0 spiro atoms. The van der Waals surface area contributed by atoms with Gasteiger partial charge in [-0.2, -0.15) is 10.4 Å². The quantitative estimate of drug-likeness (QED) is 0.506. The molecule has 6 heteroatoms. The zero-order chi connectivity index (χ0) is 19.8. The molecule has 3 aromatic carbocycles. The molecule has 140 valence electrons. The average molecular weight is 373 g/mol. The maximum absolute atomic E-state index is 12.0. The third-order valence-corrected chi connectivity index (χ3v) is 3.98. The van der Waals surface area contributed by atoms with Crippen LogP contribution >= 0.6 is 0 Å². The molecule has 1 amide bonds. The number of fused-ring (bicyclic) bond motifs is 1. The van der Waals surface area contributed by atoms with Gasteiger partial charge in [0.15, 0.2) is 6.61 Å². The largest absolute Gasteiger partial charge is 0.493 e. The van der Waals surface area contributed by atoms with Crippen molar-refractivity contribution in [2.75, 3.05) is 13.2 Å². The van der Waals surface area contributed by atoms with Gasteiger partial charge in [-0.3, -0.25) is 4.79 Å². The summed E-state index contributed by atoms with van der Waals surface area (Å²) in [6.45, 7) is 2.19. The van der Waals surface area contributed by atoms with Crippen LogP contribution in [0.1, 0.15) is 18.1 Å². The number of carbonyl (C=O) groups is 1. The SMILES string of the molecule is CCOc1ccc2ccccc2c1C=NNC(=O)COc1ccccc1C#N. The molecule has 0 fully saturated rings. The van der Waals surface area contributed by atoms with E-state index in [0.29, 0.717) is 23.7 Å². The number of rotatable bonds is 7. The highest BCUT2D eigenvalue weighted by Crippen LogP contribution is 2.26. The lowest BCUT2D eigenvalue weighted by molar-refractivity contribution is -0.123. The van der Waals surface area contributed by atoms with E-state index in [0.717, 1.165) is 16.3 Å². The number of carbonyl (C=O) groups excluding carboxylic acids is 1. The number of ether oxygens (including phenoxy) is 2. The predicted molar refractivity (Wildman–Crippen MR) is 108 cm³/mol. The van der Waals surface area contributed by atoms with Crippen LogP contribution in [0.15, 0.2) is 65.8 Å². The first kappa shape index (κ1) is 18.9. The van der Waals surface area contributed by atoms with E-state index in [1.54, 1.807) is 30.5 Å². The van der Waals surface area contributed by atoms with Crippen molar-refractivity contribution in [2.24, 2.45) is 5.10 Å². The summed E-state index contributed by atoms with van der Waals surface area (Å²) >= 11 is 0. The Bertz CT molecular complexity index is 1050. The zero-order valence-electron chi connectivity index (χ0n) is 15.4. The summed E-state index contributed by atoms with van der Waals surface area (Å²) in [6, 6.07) is 20.5. The van der Waals surface area contributed by atoms with Crippen LogP contribution in [0.2, 0.25) is 0 Å². The van der Waals surface area contributed by atoms with Gasteiger partial charge < -0.3 is 9.47 Å². The van der Waals surface area contributed by atoms with Crippen molar-refractivity contribution in [3.63, 3.8) is 0 Å². The lowest BCUT2D eigenvalue weighted by Crippen LogP contribution is -2.24. The second-order valence-corrected chi connectivity index (χ2v) is 5.82. The van der Waals surface area contributed by atoms with Gasteiger partial charge in [0.05, 0.1) is 18.4 Å². The second-order valence-electron chi connectivity index (χ2n) is 5.82. The molecular formula is C22H19N3O3. The number of hydrogen-bond acceptors (Lipinski definition) is 5. The van der Waals surface area contributed by atoms with E-state index in [4.69, 9.17) is 14.7 Å². The van der Waals surface area contributed by atoms with Crippen LogP contribution in [0.25, 0.3) is 10.8 Å². The summed E-state index contributed by atoms with van der Waals surface area (Å²) in [5.41, 5.74) is 3.60. The van der Waals surface area contributed by atoms with Gasteiger partial charge in [0.2, 0.25) is 0 Å². The highest BCUT2D eigenvalue weighted by Gasteiger charge is 2.08. The molecule has 0 radical (unpaired) electrons. The number of hydrogen-bond donors (Lipinski definition) is 1. The molecule has 0 aliphatic rings. The van der Waals surface area contributed by atoms with Gasteiger partial charge in [0, 0.05) is 5.56 Å². The Kier molecular flexibility index (Phi) is 6.21. The van der Waals surface area contributed by atoms with Gasteiger partial charge in [-0.1, -0.05) is 42.5 Å². The van der Waals surface area contributed by atoms with Gasteiger partial charge in [-0.05, 0) is 35.9 Å². The maximum atomic E-state index is 12.0. The summed E-state index contributed by atoms with van der Waals surface area (Å²) in [5, 5.41) is 15.1. The molecule has 0 heterocycles. The van der Waals surface area contributed by atoms with Crippen molar-refractivity contribution in [3.8, 4) is 17.6 Å². The van der Waals surface area contributed by atoms with Crippen LogP contribution in [-0.2, 0) is 4.79 Å². The predicted octanol–water partition coefficient (Wildman–Crippen LogP) is 3.64. The van der Waals surface area contributed by atoms with Gasteiger partial charge in [0.25, 0.3) is 5.91 Å². The van der Waals surface area contributed by atoms with E-state index < -0.39 is 5.91 Å². The Morgan fingerprint density at radius 1 is 1.07 bits per heavy atom. The molecule has 0 atom stereocenters. The minimum atomic E-state index is -0.429. The molecule has 0 aliphatic heterocycles. The fraction of sp³-hybridized carbons (Fsp3) is 0.136. The summed E-state index contributed by atoms with van der Waals surface area (Å²) in [5.74, 6) is 0.623. The average Bonchev–Trinajstić information content (AvgIpc) is 2.73. The Balaban J connectivity index is 1.69. The Morgan fingerprint density at radius 2 is 1.86 bits per heavy atom. The number of para-hydroxylation sites is 1. The van der Waals surface area contributed by atoms with Crippen LogP contribution < -0.4 is 14.9 Å². The van der Waals surface area contributed by atoms with Crippen LogP contribution in [0.5, 0.6) is 11.5 Å². The number of nitrogens with one attached hydrogen (secondary N) is 1. The van der Waals surface area contributed by atoms with Crippen LogP contribution in [0.3, 0.4) is 0 Å². The zero-order valence-corrected chi connectivity index (χ0v) is 15.4.